The molecule has 0 saturated carbocycles. The van der Waals surface area contributed by atoms with Gasteiger partial charge >= 0.3 is 0 Å². The first kappa shape index (κ1) is 14.7. The number of rotatable bonds is 4. The van der Waals surface area contributed by atoms with Crippen LogP contribution in [0.1, 0.15) is 19.4 Å². The molecule has 0 spiro atoms. The van der Waals surface area contributed by atoms with E-state index in [0.29, 0.717) is 6.04 Å². The minimum Gasteiger partial charge on any atom is -0.355 e. The standard InChI is InChI=1S/C17H23N3S/c1-13(2)18-12-15-11-14-5-3-4-6-16(14)19-17(15)20-7-9-21-10-8-20/h3-6,11,13,18H,7-10,12H2,1-2H3. The maximum atomic E-state index is 4.95. The Morgan fingerprint density at radius 3 is 2.76 bits per heavy atom. The van der Waals surface area contributed by atoms with E-state index in [1.807, 2.05) is 11.8 Å². The molecule has 0 bridgehead atoms. The molecule has 3 rings (SSSR count). The molecule has 1 aromatic heterocycles. The molecule has 2 aromatic rings. The molecule has 0 radical (unpaired) electrons. The van der Waals surface area contributed by atoms with Crippen molar-refractivity contribution in [3.05, 3.63) is 35.9 Å². The van der Waals surface area contributed by atoms with E-state index in [4.69, 9.17) is 4.98 Å². The van der Waals surface area contributed by atoms with Crippen molar-refractivity contribution in [1.29, 1.82) is 0 Å². The van der Waals surface area contributed by atoms with E-state index in [2.05, 4.69) is 54.4 Å². The molecule has 0 aliphatic carbocycles. The predicted molar refractivity (Wildman–Crippen MR) is 93.3 cm³/mol. The van der Waals surface area contributed by atoms with Crippen molar-refractivity contribution in [3.63, 3.8) is 0 Å². The van der Waals surface area contributed by atoms with Gasteiger partial charge in [0.25, 0.3) is 0 Å². The Morgan fingerprint density at radius 1 is 1.24 bits per heavy atom. The van der Waals surface area contributed by atoms with Crippen LogP contribution in [0.3, 0.4) is 0 Å². The highest BCUT2D eigenvalue weighted by Crippen LogP contribution is 2.26. The Labute approximate surface area is 131 Å². The summed E-state index contributed by atoms with van der Waals surface area (Å²) in [7, 11) is 0. The Kier molecular flexibility index (Phi) is 4.66. The van der Waals surface area contributed by atoms with E-state index in [9.17, 15) is 0 Å². The van der Waals surface area contributed by atoms with Gasteiger partial charge in [0.2, 0.25) is 0 Å². The summed E-state index contributed by atoms with van der Waals surface area (Å²) in [5.41, 5.74) is 2.41. The second kappa shape index (κ2) is 6.67. The molecule has 4 heteroatoms. The SMILES string of the molecule is CC(C)NCc1cc2ccccc2nc1N1CCSCC1. The third-order valence-electron chi connectivity index (χ3n) is 3.79. The minimum atomic E-state index is 0.487. The summed E-state index contributed by atoms with van der Waals surface area (Å²) in [6.07, 6.45) is 0. The number of fused-ring (bicyclic) bond motifs is 1. The van der Waals surface area contributed by atoms with E-state index in [1.54, 1.807) is 0 Å². The molecule has 112 valence electrons. The van der Waals surface area contributed by atoms with E-state index in [-0.39, 0.29) is 0 Å². The summed E-state index contributed by atoms with van der Waals surface area (Å²) in [4.78, 5) is 7.40. The molecule has 1 aliphatic heterocycles. The number of para-hydroxylation sites is 1. The molecule has 1 fully saturated rings. The van der Waals surface area contributed by atoms with Gasteiger partial charge in [0, 0.05) is 48.1 Å². The highest BCUT2D eigenvalue weighted by molar-refractivity contribution is 7.99. The number of hydrogen-bond donors (Lipinski definition) is 1. The van der Waals surface area contributed by atoms with Crippen molar-refractivity contribution in [2.75, 3.05) is 29.5 Å². The van der Waals surface area contributed by atoms with Crippen LogP contribution in [0.25, 0.3) is 10.9 Å². The number of pyridine rings is 1. The summed E-state index contributed by atoms with van der Waals surface area (Å²) in [5, 5.41) is 4.76. The molecule has 1 aliphatic rings. The van der Waals surface area contributed by atoms with Crippen molar-refractivity contribution in [2.45, 2.75) is 26.4 Å². The number of nitrogens with zero attached hydrogens (tertiary/aromatic N) is 2. The van der Waals surface area contributed by atoms with Gasteiger partial charge in [-0.05, 0) is 12.1 Å². The smallest absolute Gasteiger partial charge is 0.133 e. The summed E-state index contributed by atoms with van der Waals surface area (Å²) in [6.45, 7) is 7.46. The number of hydrogen-bond acceptors (Lipinski definition) is 4. The number of thioether (sulfide) groups is 1. The third-order valence-corrected chi connectivity index (χ3v) is 4.73. The topological polar surface area (TPSA) is 28.2 Å². The lowest BCUT2D eigenvalue weighted by Gasteiger charge is -2.29. The Balaban J connectivity index is 1.98. The molecule has 0 atom stereocenters. The second-order valence-electron chi connectivity index (χ2n) is 5.80. The summed E-state index contributed by atoms with van der Waals surface area (Å²) < 4.78 is 0. The maximum Gasteiger partial charge on any atom is 0.133 e. The zero-order valence-electron chi connectivity index (χ0n) is 12.8. The van der Waals surface area contributed by atoms with Crippen molar-refractivity contribution >= 4 is 28.5 Å². The zero-order valence-corrected chi connectivity index (χ0v) is 13.6. The second-order valence-corrected chi connectivity index (χ2v) is 7.02. The Hall–Kier alpha value is -1.26. The largest absolute Gasteiger partial charge is 0.355 e. The van der Waals surface area contributed by atoms with Crippen LogP contribution in [0, 0.1) is 0 Å². The van der Waals surface area contributed by atoms with Crippen LogP contribution in [0.5, 0.6) is 0 Å². The molecule has 1 aromatic carbocycles. The van der Waals surface area contributed by atoms with Gasteiger partial charge in [0.1, 0.15) is 5.82 Å². The van der Waals surface area contributed by atoms with Crippen LogP contribution in [0.4, 0.5) is 5.82 Å². The predicted octanol–water partition coefficient (Wildman–Crippen LogP) is 3.29. The quantitative estimate of drug-likeness (QED) is 0.938. The lowest BCUT2D eigenvalue weighted by atomic mass is 10.1. The molecule has 3 nitrogen and oxygen atoms in total. The van der Waals surface area contributed by atoms with Crippen LogP contribution in [-0.4, -0.2) is 35.6 Å². The van der Waals surface area contributed by atoms with Crippen molar-refractivity contribution in [2.24, 2.45) is 0 Å². The minimum absolute atomic E-state index is 0.487. The van der Waals surface area contributed by atoms with Gasteiger partial charge < -0.3 is 10.2 Å². The highest BCUT2D eigenvalue weighted by Gasteiger charge is 2.17. The molecule has 1 saturated heterocycles. The molecular weight excluding hydrogens is 278 g/mol. The third kappa shape index (κ3) is 3.50. The van der Waals surface area contributed by atoms with Crippen molar-refractivity contribution < 1.29 is 0 Å². The first-order chi connectivity index (χ1) is 10.2. The van der Waals surface area contributed by atoms with Gasteiger partial charge in [0.15, 0.2) is 0 Å². The molecule has 21 heavy (non-hydrogen) atoms. The number of nitrogens with one attached hydrogen (secondary N) is 1. The molecular formula is C17H23N3S. The van der Waals surface area contributed by atoms with Gasteiger partial charge in [0.05, 0.1) is 5.52 Å². The zero-order chi connectivity index (χ0) is 14.7. The molecule has 1 N–H and O–H groups in total. The number of anilines is 1. The van der Waals surface area contributed by atoms with E-state index in [0.717, 1.165) is 25.2 Å². The van der Waals surface area contributed by atoms with Gasteiger partial charge in [-0.1, -0.05) is 32.0 Å². The van der Waals surface area contributed by atoms with Gasteiger partial charge in [-0.15, -0.1) is 0 Å². The van der Waals surface area contributed by atoms with Crippen LogP contribution in [0.2, 0.25) is 0 Å². The van der Waals surface area contributed by atoms with E-state index in [1.165, 1.54) is 28.3 Å². The fourth-order valence-electron chi connectivity index (χ4n) is 2.64. The Bertz CT molecular complexity index is 606. The lowest BCUT2D eigenvalue weighted by Crippen LogP contribution is -2.34. The highest BCUT2D eigenvalue weighted by atomic mass is 32.2. The van der Waals surface area contributed by atoms with Crippen LogP contribution in [-0.2, 0) is 6.54 Å². The fourth-order valence-corrected chi connectivity index (χ4v) is 3.55. The fraction of sp³-hybridized carbons (Fsp3) is 0.471. The number of benzene rings is 1. The molecule has 2 heterocycles. The maximum absolute atomic E-state index is 4.95. The van der Waals surface area contributed by atoms with Gasteiger partial charge in [-0.25, -0.2) is 4.98 Å². The Morgan fingerprint density at radius 2 is 2.00 bits per heavy atom. The van der Waals surface area contributed by atoms with E-state index >= 15 is 0 Å². The lowest BCUT2D eigenvalue weighted by molar-refractivity contribution is 0.587. The van der Waals surface area contributed by atoms with Crippen molar-refractivity contribution in [1.82, 2.24) is 10.3 Å². The van der Waals surface area contributed by atoms with Crippen molar-refractivity contribution in [3.8, 4) is 0 Å². The van der Waals surface area contributed by atoms with E-state index < -0.39 is 0 Å². The summed E-state index contributed by atoms with van der Waals surface area (Å²) in [6, 6.07) is 11.2. The summed E-state index contributed by atoms with van der Waals surface area (Å²) in [5.74, 6) is 3.57. The first-order valence-electron chi connectivity index (χ1n) is 7.69. The van der Waals surface area contributed by atoms with Crippen LogP contribution in [0.15, 0.2) is 30.3 Å². The number of aromatic nitrogens is 1. The monoisotopic (exact) mass is 301 g/mol. The summed E-state index contributed by atoms with van der Waals surface area (Å²) >= 11 is 2.04. The normalized spacial score (nSPS) is 15.9. The average molecular weight is 301 g/mol. The van der Waals surface area contributed by atoms with Crippen LogP contribution >= 0.6 is 11.8 Å². The van der Waals surface area contributed by atoms with Gasteiger partial charge in [-0.2, -0.15) is 11.8 Å². The molecule has 0 amide bonds. The average Bonchev–Trinajstić information content (AvgIpc) is 2.53. The van der Waals surface area contributed by atoms with Gasteiger partial charge in [-0.3, -0.25) is 0 Å². The molecule has 0 unspecified atom stereocenters. The first-order valence-corrected chi connectivity index (χ1v) is 8.84. The van der Waals surface area contributed by atoms with Crippen LogP contribution < -0.4 is 10.2 Å².